The van der Waals surface area contributed by atoms with Gasteiger partial charge in [0.1, 0.15) is 0 Å². The van der Waals surface area contributed by atoms with Gasteiger partial charge in [0.25, 0.3) is 0 Å². The lowest BCUT2D eigenvalue weighted by molar-refractivity contribution is 0.944. The van der Waals surface area contributed by atoms with Crippen molar-refractivity contribution in [3.63, 3.8) is 0 Å². The Kier molecular flexibility index (Phi) is 2.88. The first-order valence-corrected chi connectivity index (χ1v) is 5.28. The second-order valence-electron chi connectivity index (χ2n) is 2.97. The number of fused-ring (bicyclic) bond motifs is 1. The Morgan fingerprint density at radius 3 is 3.20 bits per heavy atom. The standard InChI is InChI=1S/C10H9BrN4/c1-2-3-6-12-10-13-9-5-4-8(11)7-15(9)14-10/h1,4-5,7H,3,6H2,(H,12,14). The molecule has 0 aliphatic carbocycles. The van der Waals surface area contributed by atoms with Crippen molar-refractivity contribution >= 4 is 27.5 Å². The predicted molar refractivity (Wildman–Crippen MR) is 62.6 cm³/mol. The summed E-state index contributed by atoms with van der Waals surface area (Å²) >= 11 is 3.37. The lowest BCUT2D eigenvalue weighted by Crippen LogP contribution is -2.01. The van der Waals surface area contributed by atoms with Gasteiger partial charge in [-0.2, -0.15) is 4.98 Å². The molecule has 4 nitrogen and oxygen atoms in total. The van der Waals surface area contributed by atoms with Crippen molar-refractivity contribution in [2.75, 3.05) is 11.9 Å². The van der Waals surface area contributed by atoms with E-state index in [9.17, 15) is 0 Å². The average molecular weight is 265 g/mol. The fourth-order valence-corrected chi connectivity index (χ4v) is 1.51. The van der Waals surface area contributed by atoms with Crippen LogP contribution in [0.1, 0.15) is 6.42 Å². The number of terminal acetylenes is 1. The highest BCUT2D eigenvalue weighted by atomic mass is 79.9. The van der Waals surface area contributed by atoms with Gasteiger partial charge in [-0.05, 0) is 28.1 Å². The molecule has 0 saturated heterocycles. The molecule has 2 aromatic rings. The molecule has 2 heterocycles. The third-order valence-electron chi connectivity index (χ3n) is 1.85. The second kappa shape index (κ2) is 4.32. The minimum atomic E-state index is 0.600. The van der Waals surface area contributed by atoms with Gasteiger partial charge < -0.3 is 5.32 Å². The lowest BCUT2D eigenvalue weighted by Gasteiger charge is -1.94. The Bertz CT molecular complexity index is 512. The molecule has 0 bridgehead atoms. The molecule has 0 aromatic carbocycles. The summed E-state index contributed by atoms with van der Waals surface area (Å²) < 4.78 is 2.68. The van der Waals surface area contributed by atoms with Crippen LogP contribution in [0.4, 0.5) is 5.95 Å². The number of halogens is 1. The van der Waals surface area contributed by atoms with Crippen LogP contribution in [0.2, 0.25) is 0 Å². The molecule has 0 aliphatic rings. The fourth-order valence-electron chi connectivity index (χ4n) is 1.18. The van der Waals surface area contributed by atoms with Gasteiger partial charge in [-0.1, -0.05) is 0 Å². The fraction of sp³-hybridized carbons (Fsp3) is 0.200. The highest BCUT2D eigenvalue weighted by Crippen LogP contribution is 2.11. The van der Waals surface area contributed by atoms with Crippen LogP contribution in [0.3, 0.4) is 0 Å². The van der Waals surface area contributed by atoms with E-state index in [-0.39, 0.29) is 0 Å². The van der Waals surface area contributed by atoms with Gasteiger partial charge in [-0.25, -0.2) is 4.52 Å². The number of anilines is 1. The van der Waals surface area contributed by atoms with Gasteiger partial charge in [-0.15, -0.1) is 17.4 Å². The van der Waals surface area contributed by atoms with Crippen LogP contribution >= 0.6 is 15.9 Å². The molecule has 1 N–H and O–H groups in total. The van der Waals surface area contributed by atoms with Crippen LogP contribution < -0.4 is 5.32 Å². The van der Waals surface area contributed by atoms with E-state index in [1.54, 1.807) is 4.52 Å². The van der Waals surface area contributed by atoms with Gasteiger partial charge in [-0.3, -0.25) is 0 Å². The van der Waals surface area contributed by atoms with Gasteiger partial charge in [0.15, 0.2) is 5.65 Å². The molecule has 0 fully saturated rings. The molecule has 0 amide bonds. The normalized spacial score (nSPS) is 10.1. The van der Waals surface area contributed by atoms with Gasteiger partial charge >= 0.3 is 0 Å². The summed E-state index contributed by atoms with van der Waals surface area (Å²) in [6.45, 7) is 0.689. The largest absolute Gasteiger partial charge is 0.352 e. The molecule has 2 aromatic heterocycles. The van der Waals surface area contributed by atoms with Crippen molar-refractivity contribution in [1.29, 1.82) is 0 Å². The number of hydrogen-bond acceptors (Lipinski definition) is 3. The lowest BCUT2D eigenvalue weighted by atomic mass is 10.4. The molecular weight excluding hydrogens is 256 g/mol. The highest BCUT2D eigenvalue weighted by Gasteiger charge is 2.01. The van der Waals surface area contributed by atoms with E-state index in [1.807, 2.05) is 18.3 Å². The second-order valence-corrected chi connectivity index (χ2v) is 3.88. The number of rotatable bonds is 3. The minimum absolute atomic E-state index is 0.600. The Morgan fingerprint density at radius 1 is 1.53 bits per heavy atom. The van der Waals surface area contributed by atoms with E-state index in [0.29, 0.717) is 18.9 Å². The molecule has 76 valence electrons. The summed E-state index contributed by atoms with van der Waals surface area (Å²) in [7, 11) is 0. The van der Waals surface area contributed by atoms with Crippen molar-refractivity contribution < 1.29 is 0 Å². The summed E-state index contributed by atoms with van der Waals surface area (Å²) in [6.07, 6.45) is 7.67. The number of nitrogens with zero attached hydrogens (tertiary/aromatic N) is 3. The first-order chi connectivity index (χ1) is 7.29. The average Bonchev–Trinajstić information content (AvgIpc) is 2.60. The zero-order chi connectivity index (χ0) is 10.7. The Balaban J connectivity index is 2.20. The first-order valence-electron chi connectivity index (χ1n) is 4.49. The summed E-state index contributed by atoms with van der Waals surface area (Å²) in [6, 6.07) is 3.82. The van der Waals surface area contributed by atoms with Crippen LogP contribution in [-0.2, 0) is 0 Å². The molecule has 15 heavy (non-hydrogen) atoms. The van der Waals surface area contributed by atoms with E-state index in [4.69, 9.17) is 6.42 Å². The molecule has 0 saturated carbocycles. The Morgan fingerprint density at radius 2 is 2.40 bits per heavy atom. The molecule has 5 heteroatoms. The maximum atomic E-state index is 5.15. The van der Waals surface area contributed by atoms with Crippen molar-refractivity contribution in [2.24, 2.45) is 0 Å². The molecule has 0 spiro atoms. The third kappa shape index (κ3) is 2.28. The molecule has 0 radical (unpaired) electrons. The van der Waals surface area contributed by atoms with Crippen molar-refractivity contribution in [1.82, 2.24) is 14.6 Å². The zero-order valence-electron chi connectivity index (χ0n) is 7.94. The molecule has 0 unspecified atom stereocenters. The predicted octanol–water partition coefficient (Wildman–Crippen LogP) is 1.93. The van der Waals surface area contributed by atoms with Crippen LogP contribution in [0.25, 0.3) is 5.65 Å². The third-order valence-corrected chi connectivity index (χ3v) is 2.32. The van der Waals surface area contributed by atoms with Gasteiger partial charge in [0, 0.05) is 23.6 Å². The summed E-state index contributed by atoms with van der Waals surface area (Å²) in [5.74, 6) is 3.15. The zero-order valence-corrected chi connectivity index (χ0v) is 9.53. The summed E-state index contributed by atoms with van der Waals surface area (Å²) in [4.78, 5) is 4.28. The Hall–Kier alpha value is -1.54. The molecule has 2 rings (SSSR count). The summed E-state index contributed by atoms with van der Waals surface area (Å²) in [5, 5.41) is 7.29. The van der Waals surface area contributed by atoms with Crippen LogP contribution in [0.5, 0.6) is 0 Å². The van der Waals surface area contributed by atoms with E-state index in [0.717, 1.165) is 10.1 Å². The summed E-state index contributed by atoms with van der Waals surface area (Å²) in [5.41, 5.74) is 0.807. The quantitative estimate of drug-likeness (QED) is 0.681. The molecular formula is C10H9BrN4. The topological polar surface area (TPSA) is 42.2 Å². The van der Waals surface area contributed by atoms with Crippen LogP contribution in [0, 0.1) is 12.3 Å². The molecule has 0 aliphatic heterocycles. The van der Waals surface area contributed by atoms with E-state index in [1.165, 1.54) is 0 Å². The van der Waals surface area contributed by atoms with Gasteiger partial charge in [0.05, 0.1) is 0 Å². The number of hydrogen-bond donors (Lipinski definition) is 1. The SMILES string of the molecule is C#CCCNc1nc2ccc(Br)cn2n1. The number of aromatic nitrogens is 3. The van der Waals surface area contributed by atoms with Crippen LogP contribution in [-0.4, -0.2) is 21.1 Å². The van der Waals surface area contributed by atoms with Crippen LogP contribution in [0.15, 0.2) is 22.8 Å². The van der Waals surface area contributed by atoms with E-state index in [2.05, 4.69) is 37.2 Å². The maximum Gasteiger partial charge on any atom is 0.243 e. The van der Waals surface area contributed by atoms with E-state index < -0.39 is 0 Å². The maximum absolute atomic E-state index is 5.15. The first kappa shape index (κ1) is 9.99. The molecule has 0 atom stereocenters. The van der Waals surface area contributed by atoms with Gasteiger partial charge in [0.2, 0.25) is 5.95 Å². The van der Waals surface area contributed by atoms with Crippen molar-refractivity contribution in [3.05, 3.63) is 22.8 Å². The number of nitrogens with one attached hydrogen (secondary N) is 1. The number of pyridine rings is 1. The smallest absolute Gasteiger partial charge is 0.243 e. The van der Waals surface area contributed by atoms with Crippen molar-refractivity contribution in [3.8, 4) is 12.3 Å². The Labute approximate surface area is 95.8 Å². The monoisotopic (exact) mass is 264 g/mol. The highest BCUT2D eigenvalue weighted by molar-refractivity contribution is 9.10. The van der Waals surface area contributed by atoms with Crippen molar-refractivity contribution in [2.45, 2.75) is 6.42 Å². The minimum Gasteiger partial charge on any atom is -0.352 e. The van der Waals surface area contributed by atoms with E-state index >= 15 is 0 Å².